The largest absolute Gasteiger partial charge is 0.379 e. The zero-order valence-corrected chi connectivity index (χ0v) is 9.55. The standard InChI is InChI=1S/C8H16N4O2S/c1-2-3-13-4-5-14-6-7-8(10-9)15-12-11-7/h10H,2-6,9H2,1H3. The van der Waals surface area contributed by atoms with Gasteiger partial charge in [0.1, 0.15) is 10.7 Å². The number of nitrogen functional groups attached to an aromatic ring is 1. The van der Waals surface area contributed by atoms with Gasteiger partial charge in [-0.05, 0) is 6.42 Å². The zero-order valence-electron chi connectivity index (χ0n) is 8.73. The van der Waals surface area contributed by atoms with E-state index in [0.29, 0.717) is 19.8 Å². The summed E-state index contributed by atoms with van der Waals surface area (Å²) in [5.41, 5.74) is 3.25. The van der Waals surface area contributed by atoms with Crippen LogP contribution in [0.15, 0.2) is 0 Å². The van der Waals surface area contributed by atoms with Crippen LogP contribution in [0, 0.1) is 0 Å². The number of ether oxygens (including phenoxy) is 2. The van der Waals surface area contributed by atoms with Gasteiger partial charge in [-0.1, -0.05) is 11.4 Å². The van der Waals surface area contributed by atoms with E-state index in [4.69, 9.17) is 15.3 Å². The molecule has 15 heavy (non-hydrogen) atoms. The van der Waals surface area contributed by atoms with Crippen LogP contribution in [0.5, 0.6) is 0 Å². The molecule has 0 amide bonds. The van der Waals surface area contributed by atoms with Crippen LogP contribution in [-0.4, -0.2) is 29.4 Å². The number of hydrogen-bond donors (Lipinski definition) is 2. The summed E-state index contributed by atoms with van der Waals surface area (Å²) >= 11 is 1.21. The number of aromatic nitrogens is 2. The second-order valence-electron chi connectivity index (χ2n) is 2.86. The Bertz CT molecular complexity index is 269. The molecule has 0 aliphatic heterocycles. The van der Waals surface area contributed by atoms with Crippen molar-refractivity contribution in [1.82, 2.24) is 9.59 Å². The van der Waals surface area contributed by atoms with Crippen molar-refractivity contribution in [3.8, 4) is 0 Å². The van der Waals surface area contributed by atoms with Crippen LogP contribution >= 0.6 is 11.5 Å². The summed E-state index contributed by atoms with van der Waals surface area (Å²) in [4.78, 5) is 0. The lowest BCUT2D eigenvalue weighted by Crippen LogP contribution is -2.09. The minimum absolute atomic E-state index is 0.408. The van der Waals surface area contributed by atoms with Gasteiger partial charge in [0.05, 0.1) is 19.8 Å². The molecule has 0 saturated heterocycles. The summed E-state index contributed by atoms with van der Waals surface area (Å²) in [6, 6.07) is 0. The van der Waals surface area contributed by atoms with Crippen molar-refractivity contribution in [2.24, 2.45) is 5.84 Å². The molecular formula is C8H16N4O2S. The highest BCUT2D eigenvalue weighted by atomic mass is 32.1. The Balaban J connectivity index is 2.09. The van der Waals surface area contributed by atoms with Crippen LogP contribution in [0.4, 0.5) is 5.00 Å². The van der Waals surface area contributed by atoms with Gasteiger partial charge in [0.2, 0.25) is 0 Å². The first kappa shape index (κ1) is 12.3. The minimum atomic E-state index is 0.408. The summed E-state index contributed by atoms with van der Waals surface area (Å²) in [6.45, 7) is 4.42. The lowest BCUT2D eigenvalue weighted by molar-refractivity contribution is 0.0399. The van der Waals surface area contributed by atoms with Gasteiger partial charge in [0.15, 0.2) is 0 Å². The van der Waals surface area contributed by atoms with Gasteiger partial charge in [-0.2, -0.15) is 0 Å². The molecule has 0 spiro atoms. The molecule has 1 aromatic heterocycles. The van der Waals surface area contributed by atoms with Gasteiger partial charge in [-0.15, -0.1) is 5.10 Å². The molecule has 1 aromatic rings. The summed E-state index contributed by atoms with van der Waals surface area (Å²) in [5.74, 6) is 5.27. The van der Waals surface area contributed by atoms with Gasteiger partial charge < -0.3 is 14.9 Å². The average molecular weight is 232 g/mol. The molecule has 0 unspecified atom stereocenters. The molecule has 7 heteroatoms. The first-order valence-electron chi connectivity index (χ1n) is 4.81. The number of nitrogens with one attached hydrogen (secondary N) is 1. The Morgan fingerprint density at radius 1 is 1.33 bits per heavy atom. The Hall–Kier alpha value is -0.760. The Morgan fingerprint density at radius 3 is 2.87 bits per heavy atom. The van der Waals surface area contributed by atoms with Gasteiger partial charge in [-0.3, -0.25) is 0 Å². The lowest BCUT2D eigenvalue weighted by Gasteiger charge is -2.04. The number of nitrogens with two attached hydrogens (primary N) is 1. The lowest BCUT2D eigenvalue weighted by atomic mass is 10.5. The molecule has 0 aliphatic carbocycles. The van der Waals surface area contributed by atoms with E-state index in [-0.39, 0.29) is 0 Å². The molecule has 86 valence electrons. The molecule has 0 atom stereocenters. The molecule has 0 fully saturated rings. The normalized spacial score (nSPS) is 10.5. The van der Waals surface area contributed by atoms with Gasteiger partial charge in [0.25, 0.3) is 0 Å². The van der Waals surface area contributed by atoms with Crippen molar-refractivity contribution in [2.75, 3.05) is 25.2 Å². The van der Waals surface area contributed by atoms with Crippen LogP contribution in [-0.2, 0) is 16.1 Å². The van der Waals surface area contributed by atoms with E-state index < -0.39 is 0 Å². The van der Waals surface area contributed by atoms with Crippen molar-refractivity contribution >= 4 is 16.5 Å². The quantitative estimate of drug-likeness (QED) is 0.391. The van der Waals surface area contributed by atoms with Crippen LogP contribution in [0.25, 0.3) is 0 Å². The average Bonchev–Trinajstić information content (AvgIpc) is 2.70. The van der Waals surface area contributed by atoms with Gasteiger partial charge >= 0.3 is 0 Å². The summed E-state index contributed by atoms with van der Waals surface area (Å²) in [6.07, 6.45) is 1.03. The van der Waals surface area contributed by atoms with Gasteiger partial charge in [0, 0.05) is 18.1 Å². The van der Waals surface area contributed by atoms with Crippen LogP contribution in [0.2, 0.25) is 0 Å². The van der Waals surface area contributed by atoms with Crippen molar-refractivity contribution in [3.05, 3.63) is 5.69 Å². The highest BCUT2D eigenvalue weighted by Crippen LogP contribution is 2.16. The van der Waals surface area contributed by atoms with Crippen LogP contribution in [0.1, 0.15) is 19.0 Å². The second-order valence-corrected chi connectivity index (χ2v) is 3.61. The third kappa shape index (κ3) is 4.52. The van der Waals surface area contributed by atoms with Gasteiger partial charge in [-0.25, -0.2) is 5.84 Å². The Morgan fingerprint density at radius 2 is 2.13 bits per heavy atom. The van der Waals surface area contributed by atoms with E-state index in [2.05, 4.69) is 21.9 Å². The molecule has 0 aliphatic rings. The van der Waals surface area contributed by atoms with Crippen molar-refractivity contribution in [2.45, 2.75) is 20.0 Å². The molecular weight excluding hydrogens is 216 g/mol. The maximum Gasteiger partial charge on any atom is 0.149 e. The number of rotatable bonds is 8. The fraction of sp³-hybridized carbons (Fsp3) is 0.750. The highest BCUT2D eigenvalue weighted by Gasteiger charge is 2.05. The topological polar surface area (TPSA) is 82.3 Å². The Labute approximate surface area is 92.9 Å². The van der Waals surface area contributed by atoms with Crippen molar-refractivity contribution in [1.29, 1.82) is 0 Å². The molecule has 0 radical (unpaired) electrons. The third-order valence-corrected chi connectivity index (χ3v) is 2.35. The van der Waals surface area contributed by atoms with E-state index in [9.17, 15) is 0 Å². The smallest absolute Gasteiger partial charge is 0.149 e. The first-order valence-corrected chi connectivity index (χ1v) is 5.59. The first-order chi connectivity index (χ1) is 7.38. The molecule has 1 heterocycles. The van der Waals surface area contributed by atoms with E-state index in [0.717, 1.165) is 23.7 Å². The molecule has 0 bridgehead atoms. The van der Waals surface area contributed by atoms with Crippen molar-refractivity contribution < 1.29 is 9.47 Å². The number of hydrogen-bond acceptors (Lipinski definition) is 7. The predicted octanol–water partition coefficient (Wildman–Crippen LogP) is 0.767. The van der Waals surface area contributed by atoms with Crippen LogP contribution < -0.4 is 11.3 Å². The zero-order chi connectivity index (χ0) is 10.9. The summed E-state index contributed by atoms with van der Waals surface area (Å²) < 4.78 is 14.4. The van der Waals surface area contributed by atoms with E-state index >= 15 is 0 Å². The fourth-order valence-electron chi connectivity index (χ4n) is 0.946. The van der Waals surface area contributed by atoms with E-state index in [1.165, 1.54) is 11.5 Å². The summed E-state index contributed by atoms with van der Waals surface area (Å²) in [5, 5.41) is 4.62. The molecule has 1 rings (SSSR count). The maximum atomic E-state index is 5.35. The third-order valence-electron chi connectivity index (χ3n) is 1.65. The SMILES string of the molecule is CCCOCCOCc1nnsc1NN. The van der Waals surface area contributed by atoms with Crippen LogP contribution in [0.3, 0.4) is 0 Å². The molecule has 0 saturated carbocycles. The molecule has 0 aromatic carbocycles. The fourth-order valence-corrected chi connectivity index (χ4v) is 1.42. The monoisotopic (exact) mass is 232 g/mol. The number of hydrazine groups is 1. The molecule has 3 N–H and O–H groups in total. The maximum absolute atomic E-state index is 5.35. The second kappa shape index (κ2) is 7.52. The number of anilines is 1. The van der Waals surface area contributed by atoms with E-state index in [1.54, 1.807) is 0 Å². The minimum Gasteiger partial charge on any atom is -0.379 e. The number of nitrogens with zero attached hydrogens (tertiary/aromatic N) is 2. The van der Waals surface area contributed by atoms with Crippen molar-refractivity contribution in [3.63, 3.8) is 0 Å². The predicted molar refractivity (Wildman–Crippen MR) is 58.5 cm³/mol. The summed E-state index contributed by atoms with van der Waals surface area (Å²) in [7, 11) is 0. The van der Waals surface area contributed by atoms with E-state index in [1.807, 2.05) is 0 Å². The highest BCUT2D eigenvalue weighted by molar-refractivity contribution is 7.10. The Kier molecular flexibility index (Phi) is 6.17. The molecule has 6 nitrogen and oxygen atoms in total.